The zero-order chi connectivity index (χ0) is 20.8. The van der Waals surface area contributed by atoms with Gasteiger partial charge < -0.3 is 14.8 Å². The highest BCUT2D eigenvalue weighted by Crippen LogP contribution is 2.45. The number of hydrogen-bond acceptors (Lipinski definition) is 2. The zero-order valence-corrected chi connectivity index (χ0v) is 18.9. The quantitative estimate of drug-likeness (QED) is 0.755. The number of amides is 1. The number of benzene rings is 1. The van der Waals surface area contributed by atoms with E-state index >= 15 is 0 Å². The highest BCUT2D eigenvalue weighted by Gasteiger charge is 2.42. The van der Waals surface area contributed by atoms with Crippen LogP contribution in [0.3, 0.4) is 0 Å². The summed E-state index contributed by atoms with van der Waals surface area (Å²) in [6.07, 6.45) is 11.7. The van der Waals surface area contributed by atoms with Crippen LogP contribution in [0, 0.1) is 5.92 Å². The summed E-state index contributed by atoms with van der Waals surface area (Å²) >= 11 is 0. The highest BCUT2D eigenvalue weighted by atomic mass is 16.2. The molecular formula is C26H37N3O. The lowest BCUT2D eigenvalue weighted by Gasteiger charge is -2.45. The Balaban J connectivity index is 1.47. The third-order valence-electron chi connectivity index (χ3n) is 8.28. The number of aromatic nitrogens is 1. The lowest BCUT2D eigenvalue weighted by Crippen LogP contribution is -2.52. The molecule has 3 atom stereocenters. The molecule has 3 aliphatic rings. The van der Waals surface area contributed by atoms with E-state index in [1.54, 1.807) is 0 Å². The van der Waals surface area contributed by atoms with Crippen molar-refractivity contribution in [3.05, 3.63) is 35.5 Å². The van der Waals surface area contributed by atoms with E-state index in [9.17, 15) is 4.79 Å². The van der Waals surface area contributed by atoms with Crippen LogP contribution in [0.15, 0.2) is 24.4 Å². The summed E-state index contributed by atoms with van der Waals surface area (Å²) in [5.74, 6) is 0.853. The first kappa shape index (κ1) is 20.1. The second-order valence-corrected chi connectivity index (χ2v) is 10.0. The van der Waals surface area contributed by atoms with Gasteiger partial charge in [0.25, 0.3) is 0 Å². The molecule has 1 saturated carbocycles. The van der Waals surface area contributed by atoms with Gasteiger partial charge >= 0.3 is 0 Å². The number of nitrogens with one attached hydrogen (secondary N) is 1. The lowest BCUT2D eigenvalue weighted by molar-refractivity contribution is -0.128. The van der Waals surface area contributed by atoms with Crippen LogP contribution in [0.4, 0.5) is 0 Å². The number of nitrogens with zero attached hydrogens (tertiary/aromatic N) is 2. The first-order valence-corrected chi connectivity index (χ1v) is 12.2. The minimum absolute atomic E-state index is 0.106. The van der Waals surface area contributed by atoms with E-state index in [4.69, 9.17) is 0 Å². The summed E-state index contributed by atoms with van der Waals surface area (Å²) in [7, 11) is 2.23. The largest absolute Gasteiger partial charge is 0.353 e. The fourth-order valence-electron chi connectivity index (χ4n) is 6.64. The van der Waals surface area contributed by atoms with Gasteiger partial charge in [-0.1, -0.05) is 38.8 Å². The van der Waals surface area contributed by atoms with Crippen LogP contribution in [0.1, 0.15) is 81.9 Å². The van der Waals surface area contributed by atoms with Crippen LogP contribution in [-0.2, 0) is 11.2 Å². The number of hydrogen-bond donors (Lipinski definition) is 1. The third-order valence-corrected chi connectivity index (χ3v) is 8.28. The van der Waals surface area contributed by atoms with Crippen molar-refractivity contribution in [1.29, 1.82) is 0 Å². The second kappa shape index (κ2) is 8.03. The van der Waals surface area contributed by atoms with Gasteiger partial charge in [-0.05, 0) is 62.8 Å². The molecule has 1 saturated heterocycles. The van der Waals surface area contributed by atoms with Gasteiger partial charge in [0, 0.05) is 47.7 Å². The molecule has 2 aliphatic carbocycles. The van der Waals surface area contributed by atoms with Gasteiger partial charge in [-0.25, -0.2) is 0 Å². The summed E-state index contributed by atoms with van der Waals surface area (Å²) in [5.41, 5.74) is 4.39. The van der Waals surface area contributed by atoms with E-state index in [0.717, 1.165) is 32.2 Å². The van der Waals surface area contributed by atoms with Crippen molar-refractivity contribution in [3.8, 4) is 0 Å². The molecule has 30 heavy (non-hydrogen) atoms. The Bertz CT molecular complexity index is 922. The average molecular weight is 408 g/mol. The molecule has 5 rings (SSSR count). The summed E-state index contributed by atoms with van der Waals surface area (Å²) < 4.78 is 2.54. The molecule has 1 amide bonds. The molecule has 4 nitrogen and oxygen atoms in total. The number of fused-ring (bicyclic) bond motifs is 2. The van der Waals surface area contributed by atoms with Gasteiger partial charge in [-0.3, -0.25) is 4.79 Å². The summed E-state index contributed by atoms with van der Waals surface area (Å²) in [6, 6.07) is 8.37. The summed E-state index contributed by atoms with van der Waals surface area (Å²) in [4.78, 5) is 15.6. The van der Waals surface area contributed by atoms with Gasteiger partial charge in [-0.15, -0.1) is 0 Å². The first-order valence-electron chi connectivity index (χ1n) is 12.2. The minimum Gasteiger partial charge on any atom is -0.353 e. The van der Waals surface area contributed by atoms with Gasteiger partial charge in [0.05, 0.1) is 5.92 Å². The average Bonchev–Trinajstić information content (AvgIpc) is 3.39. The first-order chi connectivity index (χ1) is 14.6. The fourth-order valence-corrected chi connectivity index (χ4v) is 6.64. The van der Waals surface area contributed by atoms with E-state index in [-0.39, 0.29) is 5.92 Å². The van der Waals surface area contributed by atoms with Crippen molar-refractivity contribution in [1.82, 2.24) is 14.8 Å². The molecule has 1 aromatic heterocycles. The molecule has 2 fully saturated rings. The normalized spacial score (nSPS) is 27.0. The Morgan fingerprint density at radius 2 is 1.97 bits per heavy atom. The lowest BCUT2D eigenvalue weighted by atomic mass is 9.72. The number of carbonyl (C=O) groups excluding carboxylic acids is 1. The maximum absolute atomic E-state index is 13.1. The van der Waals surface area contributed by atoms with E-state index in [1.807, 2.05) is 0 Å². The number of rotatable bonds is 5. The molecule has 1 aliphatic heterocycles. The zero-order valence-electron chi connectivity index (χ0n) is 18.9. The van der Waals surface area contributed by atoms with E-state index in [1.165, 1.54) is 47.7 Å². The molecule has 0 bridgehead atoms. The minimum atomic E-state index is 0.106. The number of piperidine rings is 1. The van der Waals surface area contributed by atoms with Crippen LogP contribution < -0.4 is 5.32 Å². The Hall–Kier alpha value is -1.81. The van der Waals surface area contributed by atoms with Gasteiger partial charge in [0.1, 0.15) is 0 Å². The Labute approximate surface area is 181 Å². The topological polar surface area (TPSA) is 37.3 Å². The van der Waals surface area contributed by atoms with Crippen molar-refractivity contribution in [2.75, 3.05) is 13.6 Å². The molecule has 2 aromatic rings. The van der Waals surface area contributed by atoms with Crippen LogP contribution in [0.2, 0.25) is 0 Å². The predicted molar refractivity (Wildman–Crippen MR) is 123 cm³/mol. The summed E-state index contributed by atoms with van der Waals surface area (Å²) in [6.45, 7) is 5.48. The third kappa shape index (κ3) is 3.28. The van der Waals surface area contributed by atoms with Crippen LogP contribution in [0.5, 0.6) is 0 Å². The number of likely N-dealkylation sites (tertiary alicyclic amines) is 1. The standard InChI is InChI=1S/C26H37N3O/c1-4-20(5-2)29-16-17-14-24-22(21-11-8-12-23(29)25(17)21)13-18(15-28(24)3)26(30)27-19-9-6-7-10-19/h8,11-12,16,18-20,22,24H,4-7,9-10,13-15H2,1-3H3,(H,27,30)/t18-,22-,24-/m1/s1. The Kier molecular flexibility index (Phi) is 5.38. The smallest absolute Gasteiger partial charge is 0.224 e. The highest BCUT2D eigenvalue weighted by molar-refractivity contribution is 5.89. The van der Waals surface area contributed by atoms with Gasteiger partial charge in [-0.2, -0.15) is 0 Å². The Morgan fingerprint density at radius 1 is 1.20 bits per heavy atom. The van der Waals surface area contributed by atoms with Crippen molar-refractivity contribution in [3.63, 3.8) is 0 Å². The maximum Gasteiger partial charge on any atom is 0.224 e. The molecule has 2 heterocycles. The van der Waals surface area contributed by atoms with E-state index in [0.29, 0.717) is 30.0 Å². The van der Waals surface area contributed by atoms with Crippen LogP contribution >= 0.6 is 0 Å². The van der Waals surface area contributed by atoms with E-state index in [2.05, 4.69) is 60.1 Å². The molecule has 0 radical (unpaired) electrons. The molecule has 4 heteroatoms. The van der Waals surface area contributed by atoms with Crippen LogP contribution in [-0.4, -0.2) is 41.1 Å². The van der Waals surface area contributed by atoms with Crippen molar-refractivity contribution in [2.45, 2.75) is 89.3 Å². The SMILES string of the molecule is CCC(CC)n1cc2c3c(cccc31)[C@H]1C[C@@H](C(=O)NC3CCCC3)CN(C)[C@@H]1C2. The molecular weight excluding hydrogens is 370 g/mol. The Morgan fingerprint density at radius 3 is 2.70 bits per heavy atom. The second-order valence-electron chi connectivity index (χ2n) is 10.0. The molecule has 0 unspecified atom stereocenters. The fraction of sp³-hybridized carbons (Fsp3) is 0.654. The maximum atomic E-state index is 13.1. The molecule has 0 spiro atoms. The molecule has 1 N–H and O–H groups in total. The van der Waals surface area contributed by atoms with Gasteiger partial charge in [0.15, 0.2) is 0 Å². The molecule has 162 valence electrons. The van der Waals surface area contributed by atoms with Crippen LogP contribution in [0.25, 0.3) is 10.9 Å². The number of likely N-dealkylation sites (N-methyl/N-ethyl adjacent to an activating group) is 1. The van der Waals surface area contributed by atoms with Crippen molar-refractivity contribution >= 4 is 16.8 Å². The van der Waals surface area contributed by atoms with Crippen molar-refractivity contribution in [2.24, 2.45) is 5.92 Å². The molecule has 1 aromatic carbocycles. The van der Waals surface area contributed by atoms with E-state index < -0.39 is 0 Å². The monoisotopic (exact) mass is 407 g/mol. The van der Waals surface area contributed by atoms with Gasteiger partial charge in [0.2, 0.25) is 5.91 Å². The van der Waals surface area contributed by atoms with Crippen molar-refractivity contribution < 1.29 is 4.79 Å². The number of carbonyl (C=O) groups is 1. The summed E-state index contributed by atoms with van der Waals surface area (Å²) in [5, 5.41) is 4.86. The predicted octanol–water partition coefficient (Wildman–Crippen LogP) is 5.02.